The number of nitrogens with zero attached hydrogens (tertiary/aromatic N) is 2. The zero-order valence-electron chi connectivity index (χ0n) is 11.9. The minimum atomic E-state index is -0.302. The molecule has 112 valence electrons. The molecular formula is C13H22N4O3. The number of aromatic nitrogens is 2. The van der Waals surface area contributed by atoms with Crippen LogP contribution in [0, 0.1) is 5.92 Å². The molecule has 0 bridgehead atoms. The second-order valence-electron chi connectivity index (χ2n) is 5.46. The van der Waals surface area contributed by atoms with Crippen LogP contribution in [-0.2, 0) is 0 Å². The van der Waals surface area contributed by atoms with Crippen LogP contribution in [0.15, 0.2) is 4.52 Å². The SMILES string of the molecule is CC(C)C(NC(=O)NCCCO)c1nc(C2CC2)no1. The third-order valence-corrected chi connectivity index (χ3v) is 3.24. The lowest BCUT2D eigenvalue weighted by Gasteiger charge is -2.18. The molecule has 20 heavy (non-hydrogen) atoms. The van der Waals surface area contributed by atoms with Gasteiger partial charge >= 0.3 is 6.03 Å². The van der Waals surface area contributed by atoms with E-state index in [9.17, 15) is 4.79 Å². The van der Waals surface area contributed by atoms with Crippen molar-refractivity contribution in [2.24, 2.45) is 5.92 Å². The molecule has 1 heterocycles. The first kappa shape index (κ1) is 14.8. The van der Waals surface area contributed by atoms with Crippen LogP contribution in [0.4, 0.5) is 4.79 Å². The molecule has 0 radical (unpaired) electrons. The molecule has 1 aliphatic rings. The maximum atomic E-state index is 11.8. The molecule has 1 fully saturated rings. The third-order valence-electron chi connectivity index (χ3n) is 3.24. The molecular weight excluding hydrogens is 260 g/mol. The van der Waals surface area contributed by atoms with Gasteiger partial charge in [-0.15, -0.1) is 0 Å². The fraction of sp³-hybridized carbons (Fsp3) is 0.769. The Bertz CT molecular complexity index is 443. The van der Waals surface area contributed by atoms with E-state index in [4.69, 9.17) is 9.63 Å². The largest absolute Gasteiger partial charge is 0.396 e. The number of amides is 2. The van der Waals surface area contributed by atoms with Crippen LogP contribution in [0.2, 0.25) is 0 Å². The summed E-state index contributed by atoms with van der Waals surface area (Å²) in [6.45, 7) is 4.46. The molecule has 0 aliphatic heterocycles. The summed E-state index contributed by atoms with van der Waals surface area (Å²) >= 11 is 0. The van der Waals surface area contributed by atoms with Crippen molar-refractivity contribution in [3.63, 3.8) is 0 Å². The van der Waals surface area contributed by atoms with E-state index in [1.54, 1.807) is 0 Å². The topological polar surface area (TPSA) is 100 Å². The minimum absolute atomic E-state index is 0.0578. The van der Waals surface area contributed by atoms with Gasteiger partial charge in [0, 0.05) is 19.1 Å². The summed E-state index contributed by atoms with van der Waals surface area (Å²) in [4.78, 5) is 16.1. The van der Waals surface area contributed by atoms with Gasteiger partial charge in [-0.2, -0.15) is 4.98 Å². The second-order valence-corrected chi connectivity index (χ2v) is 5.46. The van der Waals surface area contributed by atoms with Crippen molar-refractivity contribution in [2.75, 3.05) is 13.2 Å². The van der Waals surface area contributed by atoms with Gasteiger partial charge in [0.25, 0.3) is 0 Å². The fourth-order valence-corrected chi connectivity index (χ4v) is 1.87. The molecule has 1 aliphatic carbocycles. The van der Waals surface area contributed by atoms with Crippen LogP contribution in [0.5, 0.6) is 0 Å². The predicted molar refractivity (Wildman–Crippen MR) is 72.1 cm³/mol. The third kappa shape index (κ3) is 3.93. The van der Waals surface area contributed by atoms with E-state index in [0.717, 1.165) is 18.7 Å². The molecule has 2 amide bonds. The monoisotopic (exact) mass is 282 g/mol. The Balaban J connectivity index is 1.93. The summed E-state index contributed by atoms with van der Waals surface area (Å²) in [5.41, 5.74) is 0. The van der Waals surface area contributed by atoms with Gasteiger partial charge in [0.1, 0.15) is 6.04 Å². The Labute approximate surface area is 118 Å². The Kier molecular flexibility index (Phi) is 4.94. The van der Waals surface area contributed by atoms with Gasteiger partial charge in [-0.05, 0) is 25.2 Å². The lowest BCUT2D eigenvalue weighted by atomic mass is 10.0. The van der Waals surface area contributed by atoms with Crippen molar-refractivity contribution < 1.29 is 14.4 Å². The van der Waals surface area contributed by atoms with Crippen LogP contribution >= 0.6 is 0 Å². The van der Waals surface area contributed by atoms with Gasteiger partial charge in [-0.3, -0.25) is 0 Å². The highest BCUT2D eigenvalue weighted by atomic mass is 16.5. The average molecular weight is 282 g/mol. The van der Waals surface area contributed by atoms with Crippen LogP contribution in [0.25, 0.3) is 0 Å². The summed E-state index contributed by atoms with van der Waals surface area (Å²) in [5, 5.41) is 18.2. The zero-order chi connectivity index (χ0) is 14.5. The summed E-state index contributed by atoms with van der Waals surface area (Å²) in [6, 6.07) is -0.590. The molecule has 2 rings (SSSR count). The summed E-state index contributed by atoms with van der Waals surface area (Å²) in [6.07, 6.45) is 2.76. The van der Waals surface area contributed by atoms with E-state index >= 15 is 0 Å². The van der Waals surface area contributed by atoms with Gasteiger partial charge in [0.2, 0.25) is 5.89 Å². The number of urea groups is 1. The van der Waals surface area contributed by atoms with Gasteiger partial charge in [0.05, 0.1) is 0 Å². The lowest BCUT2D eigenvalue weighted by Crippen LogP contribution is -2.40. The zero-order valence-corrected chi connectivity index (χ0v) is 11.9. The number of aliphatic hydroxyl groups is 1. The number of carbonyl (C=O) groups is 1. The molecule has 1 saturated carbocycles. The first-order chi connectivity index (χ1) is 9.61. The van der Waals surface area contributed by atoms with Crippen molar-refractivity contribution in [1.82, 2.24) is 20.8 Å². The second kappa shape index (κ2) is 6.69. The molecule has 0 aromatic carbocycles. The lowest BCUT2D eigenvalue weighted by molar-refractivity contribution is 0.223. The smallest absolute Gasteiger partial charge is 0.315 e. The van der Waals surface area contributed by atoms with E-state index in [1.165, 1.54) is 0 Å². The molecule has 7 nitrogen and oxygen atoms in total. The van der Waals surface area contributed by atoms with Crippen LogP contribution in [-0.4, -0.2) is 34.4 Å². The molecule has 1 aromatic rings. The van der Waals surface area contributed by atoms with E-state index in [-0.39, 0.29) is 24.6 Å². The fourth-order valence-electron chi connectivity index (χ4n) is 1.87. The first-order valence-corrected chi connectivity index (χ1v) is 7.10. The Morgan fingerprint density at radius 1 is 1.50 bits per heavy atom. The van der Waals surface area contributed by atoms with Crippen LogP contribution < -0.4 is 10.6 Å². The highest BCUT2D eigenvalue weighted by Gasteiger charge is 2.31. The number of aliphatic hydroxyl groups excluding tert-OH is 1. The van der Waals surface area contributed by atoms with E-state index in [1.807, 2.05) is 13.8 Å². The average Bonchev–Trinajstić information content (AvgIpc) is 3.15. The van der Waals surface area contributed by atoms with Gasteiger partial charge in [0.15, 0.2) is 5.82 Å². The number of hydrogen-bond donors (Lipinski definition) is 3. The van der Waals surface area contributed by atoms with Gasteiger partial charge in [-0.25, -0.2) is 4.79 Å². The van der Waals surface area contributed by atoms with Gasteiger partial charge in [-0.1, -0.05) is 19.0 Å². The molecule has 3 N–H and O–H groups in total. The number of carbonyl (C=O) groups excluding carboxylic acids is 1. The standard InChI is InChI=1S/C13H22N4O3/c1-8(2)10(15-13(19)14-6-3-7-18)12-16-11(17-20-12)9-4-5-9/h8-10,18H,3-7H2,1-2H3,(H2,14,15,19). The number of nitrogens with one attached hydrogen (secondary N) is 2. The van der Waals surface area contributed by atoms with E-state index in [2.05, 4.69) is 20.8 Å². The van der Waals surface area contributed by atoms with Gasteiger partial charge < -0.3 is 20.3 Å². The van der Waals surface area contributed by atoms with E-state index < -0.39 is 0 Å². The van der Waals surface area contributed by atoms with Crippen molar-refractivity contribution >= 4 is 6.03 Å². The Morgan fingerprint density at radius 3 is 2.85 bits per heavy atom. The minimum Gasteiger partial charge on any atom is -0.396 e. The first-order valence-electron chi connectivity index (χ1n) is 7.10. The molecule has 1 unspecified atom stereocenters. The highest BCUT2D eigenvalue weighted by Crippen LogP contribution is 2.38. The maximum absolute atomic E-state index is 11.8. The normalized spacial score (nSPS) is 16.2. The van der Waals surface area contributed by atoms with Crippen molar-refractivity contribution in [3.05, 3.63) is 11.7 Å². The highest BCUT2D eigenvalue weighted by molar-refractivity contribution is 5.74. The quantitative estimate of drug-likeness (QED) is 0.655. The predicted octanol–water partition coefficient (Wildman–Crippen LogP) is 1.33. The van der Waals surface area contributed by atoms with Crippen LogP contribution in [0.1, 0.15) is 56.8 Å². The Morgan fingerprint density at radius 2 is 2.25 bits per heavy atom. The molecule has 7 heteroatoms. The molecule has 0 spiro atoms. The van der Waals surface area contributed by atoms with Crippen LogP contribution in [0.3, 0.4) is 0 Å². The summed E-state index contributed by atoms with van der Waals surface area (Å²) in [7, 11) is 0. The molecule has 0 saturated heterocycles. The number of hydrogen-bond acceptors (Lipinski definition) is 5. The van der Waals surface area contributed by atoms with Crippen molar-refractivity contribution in [3.8, 4) is 0 Å². The van der Waals surface area contributed by atoms with Crippen molar-refractivity contribution in [1.29, 1.82) is 0 Å². The van der Waals surface area contributed by atoms with E-state index in [0.29, 0.717) is 24.8 Å². The van der Waals surface area contributed by atoms with Crippen molar-refractivity contribution in [2.45, 2.75) is 45.1 Å². The molecule has 1 aromatic heterocycles. The Hall–Kier alpha value is -1.63. The summed E-state index contributed by atoms with van der Waals surface area (Å²) in [5.74, 6) is 1.78. The molecule has 1 atom stereocenters. The maximum Gasteiger partial charge on any atom is 0.315 e. The summed E-state index contributed by atoms with van der Waals surface area (Å²) < 4.78 is 5.27. The number of rotatable bonds is 7.